The third-order valence-corrected chi connectivity index (χ3v) is 6.30. The van der Waals surface area contributed by atoms with Gasteiger partial charge in [-0.1, -0.05) is 20.3 Å². The third-order valence-electron chi connectivity index (χ3n) is 6.30. The van der Waals surface area contributed by atoms with Gasteiger partial charge < -0.3 is 9.47 Å². The van der Waals surface area contributed by atoms with Crippen molar-refractivity contribution in [2.24, 2.45) is 17.8 Å². The van der Waals surface area contributed by atoms with Crippen LogP contribution in [-0.4, -0.2) is 23.6 Å². The van der Waals surface area contributed by atoms with E-state index in [-0.39, 0.29) is 11.9 Å². The lowest BCUT2D eigenvalue weighted by molar-refractivity contribution is -0.561. The molecule has 4 aliphatic heterocycles. The summed E-state index contributed by atoms with van der Waals surface area (Å²) in [4.78, 5) is 23.9. The topological polar surface area (TPSA) is 54.0 Å². The second-order valence-corrected chi connectivity index (χ2v) is 7.57. The highest BCUT2D eigenvalue weighted by Crippen LogP contribution is 2.59. The Balaban J connectivity index is 1.71. The minimum absolute atomic E-state index is 0.155. The molecule has 0 aromatic carbocycles. The minimum Gasteiger partial charge on any atom is -0.432 e. The molecule has 5 aliphatic rings. The molecule has 0 N–H and O–H groups in total. The van der Waals surface area contributed by atoms with Gasteiger partial charge in [-0.3, -0.25) is 4.79 Å². The molecular formula is C17H26O5. The zero-order chi connectivity index (χ0) is 15.4. The average molecular weight is 310 g/mol. The molecule has 0 radical (unpaired) electrons. The van der Waals surface area contributed by atoms with Crippen LogP contribution in [0.5, 0.6) is 0 Å². The molecule has 1 saturated carbocycles. The lowest BCUT2D eigenvalue weighted by Crippen LogP contribution is -2.68. The number of ether oxygens (including phenoxy) is 2. The van der Waals surface area contributed by atoms with Crippen molar-refractivity contribution in [3.63, 3.8) is 0 Å². The van der Waals surface area contributed by atoms with Gasteiger partial charge in [-0.25, -0.2) is 9.78 Å². The Bertz CT molecular complexity index is 462. The van der Waals surface area contributed by atoms with Crippen molar-refractivity contribution in [2.45, 2.75) is 82.9 Å². The van der Waals surface area contributed by atoms with Gasteiger partial charge in [0, 0.05) is 24.7 Å². The largest absolute Gasteiger partial charge is 0.432 e. The SMILES string of the molecule is CCCC[C@@]12CCC3[C@H](C)CC[C@H]4CC(=O)O[C@H](O1)[C@@]34OO2. The molecule has 4 heterocycles. The van der Waals surface area contributed by atoms with E-state index in [9.17, 15) is 4.79 Å². The van der Waals surface area contributed by atoms with Crippen LogP contribution in [0.25, 0.3) is 0 Å². The Morgan fingerprint density at radius 3 is 2.91 bits per heavy atom. The van der Waals surface area contributed by atoms with Gasteiger partial charge in [-0.2, -0.15) is 0 Å². The number of rotatable bonds is 3. The predicted molar refractivity (Wildman–Crippen MR) is 77.4 cm³/mol. The maximum Gasteiger partial charge on any atom is 0.308 e. The highest BCUT2D eigenvalue weighted by atomic mass is 17.3. The number of unbranched alkanes of at least 4 members (excludes halogenated alkanes) is 1. The second-order valence-electron chi connectivity index (χ2n) is 7.57. The molecule has 5 rings (SSSR count). The van der Waals surface area contributed by atoms with Crippen molar-refractivity contribution in [1.29, 1.82) is 0 Å². The van der Waals surface area contributed by atoms with Gasteiger partial charge in [-0.15, -0.1) is 0 Å². The highest BCUT2D eigenvalue weighted by Gasteiger charge is 2.69. The second kappa shape index (κ2) is 5.18. The average Bonchev–Trinajstić information content (AvgIpc) is 2.75. The Labute approximate surface area is 131 Å². The third kappa shape index (κ3) is 1.98. The van der Waals surface area contributed by atoms with Crippen LogP contribution in [0.4, 0.5) is 0 Å². The van der Waals surface area contributed by atoms with E-state index in [0.717, 1.165) is 44.9 Å². The first-order valence-electron chi connectivity index (χ1n) is 8.84. The molecule has 22 heavy (non-hydrogen) atoms. The van der Waals surface area contributed by atoms with Crippen LogP contribution in [0, 0.1) is 17.8 Å². The number of fused-ring (bicyclic) bond motifs is 2. The van der Waals surface area contributed by atoms with Crippen LogP contribution in [0.1, 0.15) is 65.2 Å². The summed E-state index contributed by atoms with van der Waals surface area (Å²) in [7, 11) is 0. The van der Waals surface area contributed by atoms with Crippen molar-refractivity contribution in [3.8, 4) is 0 Å². The molecule has 0 amide bonds. The molecule has 1 aliphatic carbocycles. The highest BCUT2D eigenvalue weighted by molar-refractivity contribution is 5.71. The van der Waals surface area contributed by atoms with E-state index in [0.29, 0.717) is 18.3 Å². The van der Waals surface area contributed by atoms with Crippen LogP contribution < -0.4 is 0 Å². The Hall–Kier alpha value is -0.650. The first kappa shape index (κ1) is 14.9. The lowest BCUT2D eigenvalue weighted by atomic mass is 9.60. The normalized spacial score (nSPS) is 50.2. The lowest BCUT2D eigenvalue weighted by Gasteiger charge is -2.56. The minimum atomic E-state index is -0.731. The van der Waals surface area contributed by atoms with Gasteiger partial charge in [-0.05, 0) is 31.6 Å². The van der Waals surface area contributed by atoms with Gasteiger partial charge in [0.2, 0.25) is 12.1 Å². The molecule has 0 aromatic heterocycles. The predicted octanol–water partition coefficient (Wildman–Crippen LogP) is 3.32. The fraction of sp³-hybridized carbons (Fsp3) is 0.941. The molecule has 124 valence electrons. The number of carbonyl (C=O) groups is 1. The number of hydrogen-bond acceptors (Lipinski definition) is 5. The molecule has 2 bridgehead atoms. The summed E-state index contributed by atoms with van der Waals surface area (Å²) in [6.07, 6.45) is 6.68. The molecule has 5 fully saturated rings. The Morgan fingerprint density at radius 1 is 1.23 bits per heavy atom. The van der Waals surface area contributed by atoms with Crippen molar-refractivity contribution in [3.05, 3.63) is 0 Å². The van der Waals surface area contributed by atoms with Crippen molar-refractivity contribution < 1.29 is 24.0 Å². The fourth-order valence-corrected chi connectivity index (χ4v) is 5.03. The summed E-state index contributed by atoms with van der Waals surface area (Å²) in [5, 5.41) is 0. The number of hydrogen-bond donors (Lipinski definition) is 0. The van der Waals surface area contributed by atoms with Gasteiger partial charge in [0.15, 0.2) is 5.60 Å². The van der Waals surface area contributed by atoms with E-state index >= 15 is 0 Å². The van der Waals surface area contributed by atoms with E-state index in [2.05, 4.69) is 13.8 Å². The first-order chi connectivity index (χ1) is 10.6. The number of carbonyl (C=O) groups excluding carboxylic acids is 1. The Morgan fingerprint density at radius 2 is 2.09 bits per heavy atom. The van der Waals surface area contributed by atoms with Gasteiger partial charge >= 0.3 is 5.97 Å². The standard InChI is InChI=1S/C17H26O5/c1-3-4-8-16-9-7-13-11(2)5-6-12-10-14(18)19-15(20-16)17(12,13)22-21-16/h11-13,15H,3-10H2,1-2H3/t11-,12+,13?,15-,16-,17+/m1/s1. The van der Waals surface area contributed by atoms with Crippen molar-refractivity contribution in [1.82, 2.24) is 0 Å². The van der Waals surface area contributed by atoms with Crippen LogP contribution >= 0.6 is 0 Å². The quantitative estimate of drug-likeness (QED) is 0.591. The van der Waals surface area contributed by atoms with Crippen LogP contribution in [-0.2, 0) is 24.0 Å². The zero-order valence-corrected chi connectivity index (χ0v) is 13.5. The summed E-state index contributed by atoms with van der Waals surface area (Å²) < 4.78 is 11.9. The van der Waals surface area contributed by atoms with E-state index in [1.807, 2.05) is 0 Å². The summed E-state index contributed by atoms with van der Waals surface area (Å²) >= 11 is 0. The van der Waals surface area contributed by atoms with E-state index in [1.54, 1.807) is 0 Å². The first-order valence-corrected chi connectivity index (χ1v) is 8.84. The zero-order valence-electron chi connectivity index (χ0n) is 13.5. The van der Waals surface area contributed by atoms with Crippen LogP contribution in [0.15, 0.2) is 0 Å². The smallest absolute Gasteiger partial charge is 0.308 e. The molecule has 0 aromatic rings. The molecular weight excluding hydrogens is 284 g/mol. The number of esters is 1. The van der Waals surface area contributed by atoms with Crippen LogP contribution in [0.3, 0.4) is 0 Å². The molecule has 5 heteroatoms. The van der Waals surface area contributed by atoms with Gasteiger partial charge in [0.05, 0.1) is 6.42 Å². The van der Waals surface area contributed by atoms with Crippen molar-refractivity contribution in [2.75, 3.05) is 0 Å². The van der Waals surface area contributed by atoms with Gasteiger partial charge in [0.25, 0.3) is 0 Å². The fourth-order valence-electron chi connectivity index (χ4n) is 5.03. The molecule has 1 unspecified atom stereocenters. The summed E-state index contributed by atoms with van der Waals surface area (Å²) in [5.41, 5.74) is -0.586. The van der Waals surface area contributed by atoms with Gasteiger partial charge in [0.1, 0.15) is 0 Å². The molecule has 1 spiro atoms. The molecule has 4 saturated heterocycles. The van der Waals surface area contributed by atoms with E-state index in [4.69, 9.17) is 19.2 Å². The monoisotopic (exact) mass is 310 g/mol. The van der Waals surface area contributed by atoms with E-state index in [1.165, 1.54) is 0 Å². The molecule has 5 nitrogen and oxygen atoms in total. The summed E-state index contributed by atoms with van der Waals surface area (Å²) in [5.74, 6) is 0.154. The maximum atomic E-state index is 12.0. The van der Waals surface area contributed by atoms with Crippen LogP contribution in [0.2, 0.25) is 0 Å². The Kier molecular flexibility index (Phi) is 3.51. The summed E-state index contributed by atoms with van der Waals surface area (Å²) in [6.45, 7) is 4.43. The maximum absolute atomic E-state index is 12.0. The van der Waals surface area contributed by atoms with Crippen molar-refractivity contribution >= 4 is 5.97 Å². The molecule has 6 atom stereocenters. The van der Waals surface area contributed by atoms with E-state index < -0.39 is 17.7 Å². The summed E-state index contributed by atoms with van der Waals surface area (Å²) in [6, 6.07) is 0.